The molecule has 0 unspecified atom stereocenters. The van der Waals surface area contributed by atoms with E-state index in [2.05, 4.69) is 5.32 Å². The van der Waals surface area contributed by atoms with Gasteiger partial charge in [0.15, 0.2) is 0 Å². The van der Waals surface area contributed by atoms with E-state index in [1.165, 1.54) is 29.2 Å². The Hall–Kier alpha value is -4.99. The summed E-state index contributed by atoms with van der Waals surface area (Å²) in [5.74, 6) is -6.11. The lowest BCUT2D eigenvalue weighted by Crippen LogP contribution is -2.49. The third-order valence-corrected chi connectivity index (χ3v) is 11.5. The van der Waals surface area contributed by atoms with Crippen LogP contribution >= 0.6 is 23.2 Å². The van der Waals surface area contributed by atoms with E-state index < -0.39 is 52.6 Å². The summed E-state index contributed by atoms with van der Waals surface area (Å²) in [6.45, 7) is 1.72. The lowest BCUT2D eigenvalue weighted by Gasteiger charge is -2.49. The number of halogens is 3. The predicted molar refractivity (Wildman–Crippen MR) is 188 cm³/mol. The van der Waals surface area contributed by atoms with Crippen LogP contribution in [0.3, 0.4) is 0 Å². The molecular formula is C39H30Cl2FN3O5. The van der Waals surface area contributed by atoms with Gasteiger partial charge in [0.05, 0.1) is 39.6 Å². The van der Waals surface area contributed by atoms with Crippen molar-refractivity contribution in [3.05, 3.63) is 124 Å². The van der Waals surface area contributed by atoms with Crippen molar-refractivity contribution in [2.75, 3.05) is 15.1 Å². The van der Waals surface area contributed by atoms with Crippen molar-refractivity contribution < 1.29 is 28.7 Å². The molecule has 50 heavy (non-hydrogen) atoms. The molecule has 2 heterocycles. The van der Waals surface area contributed by atoms with Gasteiger partial charge < -0.3 is 10.4 Å². The number of phenolic OH excluding ortho intramolecular Hbond substituents is 1. The molecule has 0 spiro atoms. The van der Waals surface area contributed by atoms with Gasteiger partial charge >= 0.3 is 0 Å². The van der Waals surface area contributed by atoms with Gasteiger partial charge in [0, 0.05) is 22.3 Å². The molecule has 2 aliphatic heterocycles. The Morgan fingerprint density at radius 1 is 0.780 bits per heavy atom. The number of amides is 4. The van der Waals surface area contributed by atoms with E-state index in [1.807, 2.05) is 48.5 Å². The number of anilines is 4. The number of rotatable bonds is 5. The summed E-state index contributed by atoms with van der Waals surface area (Å²) in [6.07, 6.45) is 2.33. The van der Waals surface area contributed by atoms with Crippen molar-refractivity contribution in [3.8, 4) is 5.75 Å². The fourth-order valence-corrected chi connectivity index (χ4v) is 9.07. The minimum absolute atomic E-state index is 0.0703. The van der Waals surface area contributed by atoms with Crippen LogP contribution in [-0.4, -0.2) is 28.7 Å². The number of carbonyl (C=O) groups is 4. The Balaban J connectivity index is 1.18. The number of carbonyl (C=O) groups excluding carboxylic acids is 4. The topological polar surface area (TPSA) is 107 Å². The highest BCUT2D eigenvalue weighted by Crippen LogP contribution is 2.64. The third-order valence-electron chi connectivity index (χ3n) is 10.9. The molecule has 2 aliphatic carbocycles. The van der Waals surface area contributed by atoms with Crippen LogP contribution in [0.5, 0.6) is 5.75 Å². The number of aromatic hydroxyl groups is 1. The number of allylic oxidation sites excluding steroid dienone is 2. The van der Waals surface area contributed by atoms with Crippen LogP contribution in [0.15, 0.2) is 103 Å². The predicted octanol–water partition coefficient (Wildman–Crippen LogP) is 8.02. The number of imide groups is 2. The molecule has 6 atom stereocenters. The molecule has 4 aliphatic rings. The van der Waals surface area contributed by atoms with Gasteiger partial charge in [-0.2, -0.15) is 0 Å². The van der Waals surface area contributed by atoms with Crippen LogP contribution in [0.4, 0.5) is 27.1 Å². The minimum Gasteiger partial charge on any atom is -0.508 e. The largest absolute Gasteiger partial charge is 0.508 e. The first-order valence-corrected chi connectivity index (χ1v) is 17.1. The van der Waals surface area contributed by atoms with Crippen LogP contribution in [0.25, 0.3) is 0 Å². The lowest BCUT2D eigenvalue weighted by atomic mass is 9.51. The standard InChI is InChI=1S/C39H30Cl2FN3O5/c1-39-29(36(48)45(38(39)50)23-11-16-32(42)31(41)17-23)19-28-25(34(39)26-13-12-24(46)18-30(26)40)14-15-27-33(28)37(49)44(35(27)47)22-9-7-21(8-10-22)43-20-5-3-2-4-6-20/h2-14,16-18,27-29,33-34,43,46H,15,19H2,1H3/t27-,28+,29-,33-,34+,39+/m0/s1. The molecule has 4 amide bonds. The summed E-state index contributed by atoms with van der Waals surface area (Å²) in [7, 11) is 0. The second kappa shape index (κ2) is 11.8. The highest BCUT2D eigenvalue weighted by Gasteiger charge is 2.68. The SMILES string of the molecule is C[C@@]12C(=O)N(c3ccc(F)c(Cl)c3)C(=O)[C@@H]1C[C@@H]1C(=CC[C@@H]3C(=O)N(c4ccc(Nc5ccccc5)cc4)C(=O)[C@@H]31)[C@@H]2c1ccc(O)cc1Cl. The van der Waals surface area contributed by atoms with Crippen molar-refractivity contribution in [2.24, 2.45) is 29.1 Å². The summed E-state index contributed by atoms with van der Waals surface area (Å²) >= 11 is 12.8. The van der Waals surface area contributed by atoms with Gasteiger partial charge in [-0.25, -0.2) is 9.29 Å². The van der Waals surface area contributed by atoms with Crippen molar-refractivity contribution >= 4 is 69.6 Å². The van der Waals surface area contributed by atoms with E-state index >= 15 is 0 Å². The molecule has 8 rings (SSSR count). The van der Waals surface area contributed by atoms with Crippen LogP contribution in [0.1, 0.15) is 31.2 Å². The molecule has 8 nitrogen and oxygen atoms in total. The van der Waals surface area contributed by atoms with Crippen molar-refractivity contribution in [2.45, 2.75) is 25.7 Å². The Morgan fingerprint density at radius 2 is 1.48 bits per heavy atom. The lowest BCUT2D eigenvalue weighted by molar-refractivity contribution is -0.131. The van der Waals surface area contributed by atoms with Gasteiger partial charge in [-0.15, -0.1) is 0 Å². The zero-order valence-electron chi connectivity index (χ0n) is 26.6. The molecule has 4 aromatic rings. The van der Waals surface area contributed by atoms with Crippen molar-refractivity contribution in [3.63, 3.8) is 0 Å². The Kier molecular flexibility index (Phi) is 7.62. The number of hydrogen-bond donors (Lipinski definition) is 2. The molecule has 1 saturated carbocycles. The molecule has 3 fully saturated rings. The molecule has 11 heteroatoms. The van der Waals surface area contributed by atoms with Gasteiger partial charge in [0.25, 0.3) is 0 Å². The first kappa shape index (κ1) is 32.2. The van der Waals surface area contributed by atoms with Crippen LogP contribution in [-0.2, 0) is 19.2 Å². The van der Waals surface area contributed by atoms with E-state index in [4.69, 9.17) is 23.2 Å². The number of nitrogens with one attached hydrogen (secondary N) is 1. The Morgan fingerprint density at radius 3 is 2.18 bits per heavy atom. The van der Waals surface area contributed by atoms with Gasteiger partial charge in [0.2, 0.25) is 23.6 Å². The van der Waals surface area contributed by atoms with Crippen molar-refractivity contribution in [1.29, 1.82) is 0 Å². The maximum Gasteiger partial charge on any atom is 0.241 e. The molecule has 2 N–H and O–H groups in total. The zero-order chi connectivity index (χ0) is 35.1. The maximum atomic E-state index is 14.5. The molecular weight excluding hydrogens is 680 g/mol. The third kappa shape index (κ3) is 4.78. The van der Waals surface area contributed by atoms with E-state index in [-0.39, 0.29) is 46.1 Å². The first-order chi connectivity index (χ1) is 24.0. The summed E-state index contributed by atoms with van der Waals surface area (Å²) in [5.41, 5.74) is 2.17. The first-order valence-electron chi connectivity index (χ1n) is 16.3. The number of benzene rings is 4. The van der Waals surface area contributed by atoms with Gasteiger partial charge in [-0.3, -0.25) is 24.1 Å². The minimum atomic E-state index is -1.36. The van der Waals surface area contributed by atoms with Crippen molar-refractivity contribution in [1.82, 2.24) is 0 Å². The molecule has 2 saturated heterocycles. The summed E-state index contributed by atoms with van der Waals surface area (Å²) in [4.78, 5) is 59.6. The molecule has 252 valence electrons. The van der Waals surface area contributed by atoms with Gasteiger partial charge in [0.1, 0.15) is 11.6 Å². The molecule has 0 bridgehead atoms. The molecule has 0 radical (unpaired) electrons. The fraction of sp³-hybridized carbons (Fsp3) is 0.231. The average molecular weight is 711 g/mol. The highest BCUT2D eigenvalue weighted by atomic mass is 35.5. The number of hydrogen-bond acceptors (Lipinski definition) is 6. The molecule has 0 aromatic heterocycles. The second-order valence-electron chi connectivity index (χ2n) is 13.5. The normalized spacial score (nSPS) is 27.2. The zero-order valence-corrected chi connectivity index (χ0v) is 28.2. The maximum absolute atomic E-state index is 14.5. The summed E-state index contributed by atoms with van der Waals surface area (Å²) in [5, 5.41) is 13.5. The summed E-state index contributed by atoms with van der Waals surface area (Å²) in [6, 6.07) is 24.9. The van der Waals surface area contributed by atoms with Gasteiger partial charge in [-0.05, 0) is 98.0 Å². The fourth-order valence-electron chi connectivity index (χ4n) is 8.62. The average Bonchev–Trinajstić information content (AvgIpc) is 3.47. The molecule has 4 aromatic carbocycles. The number of para-hydroxylation sites is 1. The Labute approximate surface area is 297 Å². The van der Waals surface area contributed by atoms with E-state index in [9.17, 15) is 28.7 Å². The second-order valence-corrected chi connectivity index (χ2v) is 14.3. The monoisotopic (exact) mass is 709 g/mol. The smallest absolute Gasteiger partial charge is 0.241 e. The van der Waals surface area contributed by atoms with E-state index in [0.29, 0.717) is 11.3 Å². The number of fused-ring (bicyclic) bond motifs is 4. The number of phenols is 1. The quantitative estimate of drug-likeness (QED) is 0.161. The van der Waals surface area contributed by atoms with Crippen LogP contribution in [0, 0.1) is 34.9 Å². The van der Waals surface area contributed by atoms with Gasteiger partial charge in [-0.1, -0.05) is 59.1 Å². The highest BCUT2D eigenvalue weighted by molar-refractivity contribution is 6.32. The van der Waals surface area contributed by atoms with Crippen LogP contribution in [0.2, 0.25) is 10.0 Å². The number of nitrogens with zero attached hydrogens (tertiary/aromatic N) is 2. The summed E-state index contributed by atoms with van der Waals surface area (Å²) < 4.78 is 14.1. The van der Waals surface area contributed by atoms with Crippen LogP contribution < -0.4 is 15.1 Å². The van der Waals surface area contributed by atoms with E-state index in [1.54, 1.807) is 25.1 Å². The Bertz CT molecular complexity index is 2140. The van der Waals surface area contributed by atoms with E-state index in [0.717, 1.165) is 27.9 Å².